The molecule has 0 aliphatic carbocycles. The fourth-order valence-corrected chi connectivity index (χ4v) is 2.40. The van der Waals surface area contributed by atoms with E-state index in [1.807, 2.05) is 0 Å². The Hall–Kier alpha value is -0.120. The molecule has 0 radical (unpaired) electrons. The predicted octanol–water partition coefficient (Wildman–Crippen LogP) is 1.88. The van der Waals surface area contributed by atoms with Crippen molar-refractivity contribution in [2.75, 3.05) is 32.8 Å². The van der Waals surface area contributed by atoms with Gasteiger partial charge in [0.05, 0.1) is 12.7 Å². The first-order chi connectivity index (χ1) is 7.80. The second-order valence-corrected chi connectivity index (χ2v) is 4.70. The van der Waals surface area contributed by atoms with E-state index in [0.29, 0.717) is 12.1 Å². The molecule has 0 aromatic carbocycles. The molecule has 0 amide bonds. The normalized spacial score (nSPS) is 24.6. The highest BCUT2D eigenvalue weighted by molar-refractivity contribution is 4.76. The Morgan fingerprint density at radius 2 is 2.19 bits per heavy atom. The van der Waals surface area contributed by atoms with Gasteiger partial charge in [-0.25, -0.2) is 0 Å². The molecule has 1 rings (SSSR count). The average molecular weight is 228 g/mol. The molecule has 1 heterocycles. The van der Waals surface area contributed by atoms with E-state index >= 15 is 0 Å². The predicted molar refractivity (Wildman–Crippen MR) is 68.8 cm³/mol. The van der Waals surface area contributed by atoms with Crippen molar-refractivity contribution in [3.63, 3.8) is 0 Å². The molecule has 0 aromatic rings. The average Bonchev–Trinajstić information content (AvgIpc) is 2.30. The van der Waals surface area contributed by atoms with Gasteiger partial charge in [0.2, 0.25) is 0 Å². The SMILES string of the molecule is CCCC(CN1CCOC(CC)C1)NCC. The Kier molecular flexibility index (Phi) is 7.01. The van der Waals surface area contributed by atoms with Gasteiger partial charge in [-0.1, -0.05) is 27.2 Å². The first-order valence-electron chi connectivity index (χ1n) is 6.87. The van der Waals surface area contributed by atoms with E-state index in [-0.39, 0.29) is 0 Å². The van der Waals surface area contributed by atoms with Gasteiger partial charge in [0.25, 0.3) is 0 Å². The molecule has 3 nitrogen and oxygen atoms in total. The number of rotatable bonds is 7. The van der Waals surface area contributed by atoms with Crippen molar-refractivity contribution in [3.8, 4) is 0 Å². The van der Waals surface area contributed by atoms with Gasteiger partial charge in [0, 0.05) is 25.7 Å². The van der Waals surface area contributed by atoms with Crippen molar-refractivity contribution in [2.24, 2.45) is 0 Å². The summed E-state index contributed by atoms with van der Waals surface area (Å²) in [6, 6.07) is 0.658. The highest BCUT2D eigenvalue weighted by Crippen LogP contribution is 2.10. The molecule has 1 aliphatic heterocycles. The largest absolute Gasteiger partial charge is 0.376 e. The van der Waals surface area contributed by atoms with E-state index < -0.39 is 0 Å². The van der Waals surface area contributed by atoms with Crippen LogP contribution in [0.5, 0.6) is 0 Å². The zero-order chi connectivity index (χ0) is 11.8. The first-order valence-corrected chi connectivity index (χ1v) is 6.87. The van der Waals surface area contributed by atoms with E-state index in [2.05, 4.69) is 31.0 Å². The van der Waals surface area contributed by atoms with Crippen LogP contribution < -0.4 is 5.32 Å². The van der Waals surface area contributed by atoms with Crippen molar-refractivity contribution in [3.05, 3.63) is 0 Å². The van der Waals surface area contributed by atoms with Crippen molar-refractivity contribution in [1.82, 2.24) is 10.2 Å². The van der Waals surface area contributed by atoms with Crippen LogP contribution in [0.2, 0.25) is 0 Å². The molecule has 2 unspecified atom stereocenters. The summed E-state index contributed by atoms with van der Waals surface area (Å²) < 4.78 is 5.70. The van der Waals surface area contributed by atoms with Crippen LogP contribution in [0, 0.1) is 0 Å². The fourth-order valence-electron chi connectivity index (χ4n) is 2.40. The molecular formula is C13H28N2O. The molecule has 0 bridgehead atoms. The number of morpholine rings is 1. The van der Waals surface area contributed by atoms with E-state index in [9.17, 15) is 0 Å². The Labute approximate surface area is 101 Å². The molecule has 0 aromatic heterocycles. The summed E-state index contributed by atoms with van der Waals surface area (Å²) in [5, 5.41) is 3.58. The van der Waals surface area contributed by atoms with Crippen molar-refractivity contribution >= 4 is 0 Å². The van der Waals surface area contributed by atoms with Crippen LogP contribution in [0.1, 0.15) is 40.0 Å². The van der Waals surface area contributed by atoms with E-state index in [1.54, 1.807) is 0 Å². The lowest BCUT2D eigenvalue weighted by Gasteiger charge is -2.35. The zero-order valence-corrected chi connectivity index (χ0v) is 11.2. The van der Waals surface area contributed by atoms with Crippen LogP contribution in [-0.2, 0) is 4.74 Å². The van der Waals surface area contributed by atoms with Crippen LogP contribution in [0.3, 0.4) is 0 Å². The van der Waals surface area contributed by atoms with Crippen LogP contribution in [-0.4, -0.2) is 49.8 Å². The molecule has 2 atom stereocenters. The molecule has 3 heteroatoms. The Morgan fingerprint density at radius 3 is 2.81 bits per heavy atom. The summed E-state index contributed by atoms with van der Waals surface area (Å²) >= 11 is 0. The number of nitrogens with zero attached hydrogens (tertiary/aromatic N) is 1. The van der Waals surface area contributed by atoms with Crippen LogP contribution in [0.15, 0.2) is 0 Å². The summed E-state index contributed by atoms with van der Waals surface area (Å²) in [7, 11) is 0. The van der Waals surface area contributed by atoms with E-state index in [1.165, 1.54) is 19.4 Å². The number of nitrogens with one attached hydrogen (secondary N) is 1. The molecule has 0 saturated carbocycles. The number of likely N-dealkylation sites (N-methyl/N-ethyl adjacent to an activating group) is 1. The molecule has 1 saturated heterocycles. The standard InChI is InChI=1S/C13H28N2O/c1-4-7-12(14-6-3)10-15-8-9-16-13(5-2)11-15/h12-14H,4-11H2,1-3H3. The maximum absolute atomic E-state index is 5.70. The smallest absolute Gasteiger partial charge is 0.0700 e. The maximum Gasteiger partial charge on any atom is 0.0700 e. The molecule has 0 spiro atoms. The lowest BCUT2D eigenvalue weighted by molar-refractivity contribution is -0.0323. The molecule has 16 heavy (non-hydrogen) atoms. The lowest BCUT2D eigenvalue weighted by atomic mass is 10.1. The van der Waals surface area contributed by atoms with Gasteiger partial charge in [-0.15, -0.1) is 0 Å². The van der Waals surface area contributed by atoms with Gasteiger partial charge in [-0.2, -0.15) is 0 Å². The summed E-state index contributed by atoms with van der Waals surface area (Å²) in [4.78, 5) is 2.56. The van der Waals surface area contributed by atoms with Crippen molar-refractivity contribution in [2.45, 2.75) is 52.2 Å². The van der Waals surface area contributed by atoms with E-state index in [0.717, 1.165) is 32.7 Å². The summed E-state index contributed by atoms with van der Waals surface area (Å²) in [6.45, 7) is 12.0. The van der Waals surface area contributed by atoms with Gasteiger partial charge in [0.1, 0.15) is 0 Å². The van der Waals surface area contributed by atoms with Gasteiger partial charge >= 0.3 is 0 Å². The van der Waals surface area contributed by atoms with Crippen LogP contribution >= 0.6 is 0 Å². The van der Waals surface area contributed by atoms with Crippen molar-refractivity contribution in [1.29, 1.82) is 0 Å². The minimum Gasteiger partial charge on any atom is -0.376 e. The van der Waals surface area contributed by atoms with E-state index in [4.69, 9.17) is 4.74 Å². The monoisotopic (exact) mass is 228 g/mol. The Bertz CT molecular complexity index is 169. The molecular weight excluding hydrogens is 200 g/mol. The summed E-state index contributed by atoms with van der Waals surface area (Å²) in [5.74, 6) is 0. The van der Waals surface area contributed by atoms with Crippen LogP contribution in [0.4, 0.5) is 0 Å². The number of ether oxygens (including phenoxy) is 1. The zero-order valence-electron chi connectivity index (χ0n) is 11.2. The quantitative estimate of drug-likeness (QED) is 0.720. The molecule has 1 aliphatic rings. The topological polar surface area (TPSA) is 24.5 Å². The number of hydrogen-bond donors (Lipinski definition) is 1. The highest BCUT2D eigenvalue weighted by atomic mass is 16.5. The molecule has 1 fully saturated rings. The summed E-state index contributed by atoms with van der Waals surface area (Å²) in [5.41, 5.74) is 0. The van der Waals surface area contributed by atoms with Gasteiger partial charge in [-0.05, 0) is 19.4 Å². The first kappa shape index (κ1) is 13.9. The third kappa shape index (κ3) is 4.81. The summed E-state index contributed by atoms with van der Waals surface area (Å²) in [6.07, 6.45) is 4.13. The number of hydrogen-bond acceptors (Lipinski definition) is 3. The second-order valence-electron chi connectivity index (χ2n) is 4.70. The maximum atomic E-state index is 5.70. The minimum absolute atomic E-state index is 0.456. The van der Waals surface area contributed by atoms with Gasteiger partial charge < -0.3 is 10.1 Å². The highest BCUT2D eigenvalue weighted by Gasteiger charge is 2.20. The fraction of sp³-hybridized carbons (Fsp3) is 1.00. The third-order valence-corrected chi connectivity index (χ3v) is 3.29. The van der Waals surface area contributed by atoms with Gasteiger partial charge in [0.15, 0.2) is 0 Å². The molecule has 96 valence electrons. The Morgan fingerprint density at radius 1 is 1.38 bits per heavy atom. The van der Waals surface area contributed by atoms with Crippen molar-refractivity contribution < 1.29 is 4.74 Å². The second kappa shape index (κ2) is 8.04. The lowest BCUT2D eigenvalue weighted by Crippen LogP contribution is -2.48. The van der Waals surface area contributed by atoms with Gasteiger partial charge in [-0.3, -0.25) is 4.90 Å². The molecule has 1 N–H and O–H groups in total. The Balaban J connectivity index is 2.31. The minimum atomic E-state index is 0.456. The third-order valence-electron chi connectivity index (χ3n) is 3.29. The van der Waals surface area contributed by atoms with Crippen LogP contribution in [0.25, 0.3) is 0 Å².